The number of hydrogen-bond donors (Lipinski definition) is 2. The number of aryl methyl sites for hydroxylation is 1. The second-order valence-electron chi connectivity index (χ2n) is 4.60. The lowest BCUT2D eigenvalue weighted by atomic mass is 10.1. The van der Waals surface area contributed by atoms with Crippen molar-refractivity contribution in [3.05, 3.63) is 23.8 Å². The topological polar surface area (TPSA) is 47.3 Å². The van der Waals surface area contributed by atoms with Gasteiger partial charge in [0.15, 0.2) is 0 Å². The summed E-state index contributed by atoms with van der Waals surface area (Å²) in [4.78, 5) is 0. The molecule has 0 radical (unpaired) electrons. The number of benzene rings is 1. The molecule has 16 heavy (non-hydrogen) atoms. The smallest absolute Gasteiger partial charge is 0.119 e. The third-order valence-corrected chi connectivity index (χ3v) is 3.27. The molecule has 0 spiro atoms. The molecule has 0 aromatic heterocycles. The summed E-state index contributed by atoms with van der Waals surface area (Å²) in [5.41, 5.74) is 8.32. The van der Waals surface area contributed by atoms with E-state index in [1.54, 1.807) is 7.11 Å². The highest BCUT2D eigenvalue weighted by Crippen LogP contribution is 2.26. The molecular weight excluding hydrogens is 200 g/mol. The van der Waals surface area contributed by atoms with Crippen LogP contribution in [0.1, 0.15) is 24.8 Å². The van der Waals surface area contributed by atoms with E-state index in [0.29, 0.717) is 12.1 Å². The molecule has 2 unspecified atom stereocenters. The Bertz CT molecular complexity index is 365. The van der Waals surface area contributed by atoms with Gasteiger partial charge in [-0.15, -0.1) is 0 Å². The molecule has 1 saturated carbocycles. The number of nitrogens with one attached hydrogen (secondary N) is 1. The third-order valence-electron chi connectivity index (χ3n) is 3.27. The van der Waals surface area contributed by atoms with E-state index in [4.69, 9.17) is 10.5 Å². The minimum absolute atomic E-state index is 0.371. The second-order valence-corrected chi connectivity index (χ2v) is 4.60. The lowest BCUT2D eigenvalue weighted by molar-refractivity contribution is 0.414. The van der Waals surface area contributed by atoms with Gasteiger partial charge in [-0.2, -0.15) is 0 Å². The van der Waals surface area contributed by atoms with Crippen LogP contribution in [-0.4, -0.2) is 19.2 Å². The molecule has 0 aliphatic heterocycles. The second kappa shape index (κ2) is 4.74. The van der Waals surface area contributed by atoms with Crippen LogP contribution in [-0.2, 0) is 0 Å². The van der Waals surface area contributed by atoms with Crippen LogP contribution in [0.4, 0.5) is 5.69 Å². The van der Waals surface area contributed by atoms with Gasteiger partial charge >= 0.3 is 0 Å². The predicted molar refractivity (Wildman–Crippen MR) is 67.0 cm³/mol. The number of ether oxygens (including phenoxy) is 1. The molecule has 1 aliphatic rings. The first-order valence-corrected chi connectivity index (χ1v) is 5.86. The Balaban J connectivity index is 2.04. The Hall–Kier alpha value is -1.22. The molecule has 2 atom stereocenters. The molecular formula is C13H20N2O. The molecule has 1 aromatic carbocycles. The number of nitrogens with two attached hydrogens (primary N) is 1. The van der Waals surface area contributed by atoms with Gasteiger partial charge in [-0.1, -0.05) is 0 Å². The van der Waals surface area contributed by atoms with E-state index in [-0.39, 0.29) is 0 Å². The van der Waals surface area contributed by atoms with Crippen LogP contribution in [0.15, 0.2) is 18.2 Å². The normalized spacial score (nSPS) is 24.4. The van der Waals surface area contributed by atoms with Crippen molar-refractivity contribution in [2.45, 2.75) is 38.3 Å². The summed E-state index contributed by atoms with van der Waals surface area (Å²) in [6.45, 7) is 2.10. The third kappa shape index (κ3) is 2.47. The summed E-state index contributed by atoms with van der Waals surface area (Å²) in [6, 6.07) is 7.03. The van der Waals surface area contributed by atoms with Gasteiger partial charge in [0.1, 0.15) is 5.75 Å². The molecule has 1 aliphatic carbocycles. The molecule has 3 N–H and O–H groups in total. The van der Waals surface area contributed by atoms with E-state index >= 15 is 0 Å². The van der Waals surface area contributed by atoms with Crippen molar-refractivity contribution in [1.82, 2.24) is 0 Å². The number of hydrogen-bond acceptors (Lipinski definition) is 3. The fraction of sp³-hybridized carbons (Fsp3) is 0.538. The molecule has 1 fully saturated rings. The SMILES string of the molecule is COc1ccc(NC2CCC(N)C2)c(C)c1. The maximum Gasteiger partial charge on any atom is 0.119 e. The monoisotopic (exact) mass is 220 g/mol. The maximum absolute atomic E-state index is 5.90. The van der Waals surface area contributed by atoms with Crippen molar-refractivity contribution in [2.24, 2.45) is 5.73 Å². The standard InChI is InChI=1S/C13H20N2O/c1-9-7-12(16-2)5-6-13(9)15-11-4-3-10(14)8-11/h5-7,10-11,15H,3-4,8,14H2,1-2H3. The van der Waals surface area contributed by atoms with E-state index in [1.165, 1.54) is 17.7 Å². The Morgan fingerprint density at radius 2 is 2.19 bits per heavy atom. The van der Waals surface area contributed by atoms with Crippen molar-refractivity contribution >= 4 is 5.69 Å². The summed E-state index contributed by atoms with van der Waals surface area (Å²) < 4.78 is 5.19. The molecule has 88 valence electrons. The van der Waals surface area contributed by atoms with Gasteiger partial charge in [0.2, 0.25) is 0 Å². The van der Waals surface area contributed by atoms with E-state index in [1.807, 2.05) is 6.07 Å². The van der Waals surface area contributed by atoms with E-state index in [9.17, 15) is 0 Å². The first-order chi connectivity index (χ1) is 7.69. The summed E-state index contributed by atoms with van der Waals surface area (Å²) in [6.07, 6.45) is 3.38. The molecule has 0 amide bonds. The van der Waals surface area contributed by atoms with E-state index in [2.05, 4.69) is 24.4 Å². The van der Waals surface area contributed by atoms with Crippen LogP contribution in [0.25, 0.3) is 0 Å². The van der Waals surface area contributed by atoms with Crippen molar-refractivity contribution < 1.29 is 4.74 Å². The van der Waals surface area contributed by atoms with Gasteiger partial charge in [0.05, 0.1) is 7.11 Å². The van der Waals surface area contributed by atoms with E-state index < -0.39 is 0 Å². The summed E-state index contributed by atoms with van der Waals surface area (Å²) in [5, 5.41) is 3.56. The molecule has 0 heterocycles. The number of anilines is 1. The Labute approximate surface area is 97.0 Å². The van der Waals surface area contributed by atoms with Gasteiger partial charge in [-0.25, -0.2) is 0 Å². The number of methoxy groups -OCH3 is 1. The van der Waals surface area contributed by atoms with Crippen LogP contribution in [0, 0.1) is 6.92 Å². The largest absolute Gasteiger partial charge is 0.497 e. The van der Waals surface area contributed by atoms with Crippen LogP contribution < -0.4 is 15.8 Å². The fourth-order valence-corrected chi connectivity index (χ4v) is 2.29. The van der Waals surface area contributed by atoms with Gasteiger partial charge in [-0.3, -0.25) is 0 Å². The average Bonchev–Trinajstić information content (AvgIpc) is 2.67. The molecule has 0 saturated heterocycles. The minimum Gasteiger partial charge on any atom is -0.497 e. The molecule has 2 rings (SSSR count). The zero-order chi connectivity index (χ0) is 11.5. The molecule has 3 nitrogen and oxygen atoms in total. The first kappa shape index (κ1) is 11.3. The maximum atomic E-state index is 5.90. The Morgan fingerprint density at radius 3 is 2.75 bits per heavy atom. The number of rotatable bonds is 3. The predicted octanol–water partition coefficient (Wildman–Crippen LogP) is 2.30. The lowest BCUT2D eigenvalue weighted by Crippen LogP contribution is -2.21. The van der Waals surface area contributed by atoms with Crippen LogP contribution in [0.5, 0.6) is 5.75 Å². The van der Waals surface area contributed by atoms with Crippen LogP contribution >= 0.6 is 0 Å². The summed E-state index contributed by atoms with van der Waals surface area (Å²) in [7, 11) is 1.69. The molecule has 3 heteroatoms. The van der Waals surface area contributed by atoms with Crippen molar-refractivity contribution in [3.8, 4) is 5.75 Å². The summed E-state index contributed by atoms with van der Waals surface area (Å²) in [5.74, 6) is 0.908. The highest BCUT2D eigenvalue weighted by atomic mass is 16.5. The zero-order valence-electron chi connectivity index (χ0n) is 9.99. The van der Waals surface area contributed by atoms with Gasteiger partial charge in [0.25, 0.3) is 0 Å². The van der Waals surface area contributed by atoms with Crippen molar-refractivity contribution in [3.63, 3.8) is 0 Å². The summed E-state index contributed by atoms with van der Waals surface area (Å²) >= 11 is 0. The Morgan fingerprint density at radius 1 is 1.38 bits per heavy atom. The lowest BCUT2D eigenvalue weighted by Gasteiger charge is -2.16. The minimum atomic E-state index is 0.371. The van der Waals surface area contributed by atoms with Crippen LogP contribution in [0.3, 0.4) is 0 Å². The fourth-order valence-electron chi connectivity index (χ4n) is 2.29. The highest BCUT2D eigenvalue weighted by molar-refractivity contribution is 5.54. The molecule has 1 aromatic rings. The zero-order valence-corrected chi connectivity index (χ0v) is 9.99. The average molecular weight is 220 g/mol. The van der Waals surface area contributed by atoms with Gasteiger partial charge < -0.3 is 15.8 Å². The van der Waals surface area contributed by atoms with E-state index in [0.717, 1.165) is 18.6 Å². The van der Waals surface area contributed by atoms with Crippen molar-refractivity contribution in [1.29, 1.82) is 0 Å². The highest BCUT2D eigenvalue weighted by Gasteiger charge is 2.21. The molecule has 0 bridgehead atoms. The van der Waals surface area contributed by atoms with Crippen molar-refractivity contribution in [2.75, 3.05) is 12.4 Å². The Kier molecular flexibility index (Phi) is 3.34. The van der Waals surface area contributed by atoms with Gasteiger partial charge in [0, 0.05) is 17.8 Å². The van der Waals surface area contributed by atoms with Gasteiger partial charge in [-0.05, 0) is 49.9 Å². The van der Waals surface area contributed by atoms with Crippen LogP contribution in [0.2, 0.25) is 0 Å². The quantitative estimate of drug-likeness (QED) is 0.821. The first-order valence-electron chi connectivity index (χ1n) is 5.86.